The molecule has 1 aliphatic heterocycles. The molecule has 8 heteroatoms. The molecular weight excluding hydrogens is 266 g/mol. The number of hydrogen-bond acceptors (Lipinski definition) is 7. The van der Waals surface area contributed by atoms with Crippen molar-refractivity contribution in [1.82, 2.24) is 9.55 Å². The molecule has 108 valence electrons. The summed E-state index contributed by atoms with van der Waals surface area (Å²) in [7, 11) is 0. The van der Waals surface area contributed by atoms with Gasteiger partial charge in [0, 0.05) is 6.20 Å². The van der Waals surface area contributed by atoms with Gasteiger partial charge in [-0.1, -0.05) is 5.92 Å². The van der Waals surface area contributed by atoms with E-state index in [2.05, 4.69) is 16.8 Å². The fourth-order valence-electron chi connectivity index (χ4n) is 2.03. The Labute approximate surface area is 114 Å². The van der Waals surface area contributed by atoms with Gasteiger partial charge in [0.05, 0.1) is 0 Å². The topological polar surface area (TPSA) is 131 Å². The highest BCUT2D eigenvalue weighted by Gasteiger charge is 2.46. The summed E-state index contributed by atoms with van der Waals surface area (Å²) in [4.78, 5) is 15.2. The molecule has 8 nitrogen and oxygen atoms in total. The van der Waals surface area contributed by atoms with Crippen molar-refractivity contribution in [2.24, 2.45) is 0 Å². The summed E-state index contributed by atoms with van der Waals surface area (Å²) in [5, 5.41) is 29.5. The first-order valence-electron chi connectivity index (χ1n) is 5.92. The van der Waals surface area contributed by atoms with E-state index in [1.54, 1.807) is 0 Å². The minimum absolute atomic E-state index is 0.0349. The number of ether oxygens (including phenoxy) is 1. The maximum Gasteiger partial charge on any atom is 0.351 e. The molecule has 0 radical (unpaired) electrons. The zero-order valence-electron chi connectivity index (χ0n) is 10.7. The SMILES string of the molecule is CC#CC(O)[C@H]1O[C@@H](n2ccc(N)nc2=O)[C@H](O)[C@@H]1O. The monoisotopic (exact) mass is 281 g/mol. The van der Waals surface area contributed by atoms with Crippen molar-refractivity contribution < 1.29 is 20.1 Å². The quantitative estimate of drug-likeness (QED) is 0.454. The van der Waals surface area contributed by atoms with E-state index >= 15 is 0 Å². The number of nitrogen functional groups attached to an aromatic ring is 1. The predicted octanol–water partition coefficient (Wildman–Crippen LogP) is -2.17. The molecule has 0 bridgehead atoms. The van der Waals surface area contributed by atoms with Crippen LogP contribution in [0.3, 0.4) is 0 Å². The van der Waals surface area contributed by atoms with Gasteiger partial charge in [-0.25, -0.2) is 4.79 Å². The second-order valence-corrected chi connectivity index (χ2v) is 4.35. The number of hydrogen-bond donors (Lipinski definition) is 4. The third-order valence-corrected chi connectivity index (χ3v) is 3.00. The first-order valence-corrected chi connectivity index (χ1v) is 5.92. The fraction of sp³-hybridized carbons (Fsp3) is 0.500. The van der Waals surface area contributed by atoms with Crippen LogP contribution in [0.2, 0.25) is 0 Å². The molecule has 0 aliphatic carbocycles. The van der Waals surface area contributed by atoms with Crippen LogP contribution >= 0.6 is 0 Å². The summed E-state index contributed by atoms with van der Waals surface area (Å²) in [5.41, 5.74) is 4.64. The van der Waals surface area contributed by atoms with E-state index in [1.807, 2.05) is 0 Å². The van der Waals surface area contributed by atoms with Gasteiger partial charge in [0.2, 0.25) is 0 Å². The lowest BCUT2D eigenvalue weighted by Gasteiger charge is -2.17. The average Bonchev–Trinajstić information content (AvgIpc) is 2.67. The molecule has 1 fully saturated rings. The number of aliphatic hydroxyl groups is 3. The van der Waals surface area contributed by atoms with Gasteiger partial charge in [-0.3, -0.25) is 4.57 Å². The number of anilines is 1. The Bertz CT molecular complexity index is 605. The molecule has 2 rings (SSSR count). The van der Waals surface area contributed by atoms with Crippen molar-refractivity contribution in [1.29, 1.82) is 0 Å². The van der Waals surface area contributed by atoms with E-state index in [9.17, 15) is 20.1 Å². The lowest BCUT2D eigenvalue weighted by Crippen LogP contribution is -2.38. The molecule has 5 atom stereocenters. The molecule has 1 aromatic rings. The highest BCUT2D eigenvalue weighted by Crippen LogP contribution is 2.30. The largest absolute Gasteiger partial charge is 0.387 e. The van der Waals surface area contributed by atoms with Crippen molar-refractivity contribution in [2.75, 3.05) is 5.73 Å². The summed E-state index contributed by atoms with van der Waals surface area (Å²) in [6.45, 7) is 1.52. The molecule has 0 spiro atoms. The number of aliphatic hydroxyl groups excluding tert-OH is 3. The molecule has 1 aromatic heterocycles. The highest BCUT2D eigenvalue weighted by atomic mass is 16.6. The van der Waals surface area contributed by atoms with Crippen molar-refractivity contribution >= 4 is 5.82 Å². The second-order valence-electron chi connectivity index (χ2n) is 4.35. The van der Waals surface area contributed by atoms with Crippen LogP contribution in [0.15, 0.2) is 17.1 Å². The summed E-state index contributed by atoms with van der Waals surface area (Å²) in [6.07, 6.45) is -5.02. The van der Waals surface area contributed by atoms with E-state index in [1.165, 1.54) is 19.2 Å². The Balaban J connectivity index is 2.30. The van der Waals surface area contributed by atoms with E-state index in [0.29, 0.717) is 0 Å². The zero-order valence-corrected chi connectivity index (χ0v) is 10.7. The van der Waals surface area contributed by atoms with Gasteiger partial charge in [0.15, 0.2) is 6.23 Å². The molecule has 0 saturated carbocycles. The molecular formula is C12H15N3O5. The average molecular weight is 281 g/mol. The highest BCUT2D eigenvalue weighted by molar-refractivity contribution is 5.23. The molecule has 20 heavy (non-hydrogen) atoms. The van der Waals surface area contributed by atoms with Crippen molar-refractivity contribution in [3.05, 3.63) is 22.7 Å². The number of nitrogens with zero attached hydrogens (tertiary/aromatic N) is 2. The van der Waals surface area contributed by atoms with Crippen LogP contribution in [0.25, 0.3) is 0 Å². The zero-order chi connectivity index (χ0) is 14.9. The maximum atomic E-state index is 11.7. The van der Waals surface area contributed by atoms with Crippen molar-refractivity contribution in [3.63, 3.8) is 0 Å². The van der Waals surface area contributed by atoms with Gasteiger partial charge in [-0.15, -0.1) is 5.92 Å². The standard InChI is InChI=1S/C12H15N3O5/c1-2-3-6(16)10-8(17)9(18)11(20-10)15-5-4-7(13)14-12(15)19/h4-6,8-11,16-18H,1H3,(H2,13,14,19)/t6?,8-,9+,10+,11+/m0/s1. The molecule has 2 heterocycles. The third-order valence-electron chi connectivity index (χ3n) is 3.00. The number of aromatic nitrogens is 2. The van der Waals surface area contributed by atoms with Gasteiger partial charge < -0.3 is 25.8 Å². The summed E-state index contributed by atoms with van der Waals surface area (Å²) < 4.78 is 6.33. The molecule has 0 amide bonds. The fourth-order valence-corrected chi connectivity index (χ4v) is 2.03. The van der Waals surface area contributed by atoms with Gasteiger partial charge >= 0.3 is 5.69 Å². The van der Waals surface area contributed by atoms with Gasteiger partial charge in [-0.05, 0) is 13.0 Å². The molecule has 1 aliphatic rings. The van der Waals surface area contributed by atoms with Gasteiger partial charge in [0.1, 0.15) is 30.2 Å². The first-order chi connectivity index (χ1) is 9.45. The smallest absolute Gasteiger partial charge is 0.351 e. The van der Waals surface area contributed by atoms with Crippen LogP contribution < -0.4 is 11.4 Å². The van der Waals surface area contributed by atoms with Crippen LogP contribution in [0.4, 0.5) is 5.82 Å². The molecule has 1 saturated heterocycles. The number of nitrogens with two attached hydrogens (primary N) is 1. The lowest BCUT2D eigenvalue weighted by atomic mass is 10.1. The van der Waals surface area contributed by atoms with E-state index in [0.717, 1.165) is 4.57 Å². The van der Waals surface area contributed by atoms with Crippen molar-refractivity contribution in [3.8, 4) is 11.8 Å². The van der Waals surface area contributed by atoms with Gasteiger partial charge in [-0.2, -0.15) is 4.98 Å². The summed E-state index contributed by atoms with van der Waals surface area (Å²) >= 11 is 0. The van der Waals surface area contributed by atoms with Crippen LogP contribution in [-0.2, 0) is 4.74 Å². The van der Waals surface area contributed by atoms with E-state index in [-0.39, 0.29) is 5.82 Å². The van der Waals surface area contributed by atoms with Gasteiger partial charge in [0.25, 0.3) is 0 Å². The van der Waals surface area contributed by atoms with E-state index < -0.39 is 36.3 Å². The maximum absolute atomic E-state index is 11.7. The minimum Gasteiger partial charge on any atom is -0.387 e. The van der Waals surface area contributed by atoms with E-state index in [4.69, 9.17) is 10.5 Å². The summed E-state index contributed by atoms with van der Waals surface area (Å²) in [6, 6.07) is 1.36. The van der Waals surface area contributed by atoms with Crippen LogP contribution in [0.1, 0.15) is 13.2 Å². The molecule has 1 unspecified atom stereocenters. The third kappa shape index (κ3) is 2.52. The Morgan fingerprint density at radius 2 is 2.20 bits per heavy atom. The number of rotatable bonds is 2. The Kier molecular flexibility index (Phi) is 4.06. The Morgan fingerprint density at radius 3 is 2.80 bits per heavy atom. The Morgan fingerprint density at radius 1 is 1.50 bits per heavy atom. The lowest BCUT2D eigenvalue weighted by molar-refractivity contribution is -0.0704. The minimum atomic E-state index is -1.39. The van der Waals surface area contributed by atoms with Crippen LogP contribution in [0.5, 0.6) is 0 Å². The molecule has 0 aromatic carbocycles. The summed E-state index contributed by atoms with van der Waals surface area (Å²) in [5.74, 6) is 4.94. The first kappa shape index (κ1) is 14.5. The van der Waals surface area contributed by atoms with Crippen molar-refractivity contribution in [2.45, 2.75) is 37.6 Å². The van der Waals surface area contributed by atoms with Crippen LogP contribution in [0, 0.1) is 11.8 Å². The normalized spacial score (nSPS) is 30.6. The second kappa shape index (κ2) is 5.60. The predicted molar refractivity (Wildman–Crippen MR) is 68.3 cm³/mol. The molecule has 5 N–H and O–H groups in total. The van der Waals surface area contributed by atoms with Crippen LogP contribution in [-0.4, -0.2) is 49.3 Å². The Hall–Kier alpha value is -1.92.